The normalized spacial score (nSPS) is 16.4. The summed E-state index contributed by atoms with van der Waals surface area (Å²) < 4.78 is 34.1. The number of methoxy groups -OCH3 is 1. The van der Waals surface area contributed by atoms with Crippen LogP contribution in [-0.4, -0.2) is 24.6 Å². The molecule has 1 aliphatic rings. The highest BCUT2D eigenvalue weighted by molar-refractivity contribution is 7.15. The highest BCUT2D eigenvalue weighted by Crippen LogP contribution is 2.33. The molecule has 1 heterocycles. The monoisotopic (exact) mass is 368 g/mol. The number of aryl methyl sites for hydroxylation is 1. The van der Waals surface area contributed by atoms with Crippen molar-refractivity contribution in [1.82, 2.24) is 4.98 Å². The summed E-state index contributed by atoms with van der Waals surface area (Å²) in [5, 5.41) is 3.32. The fourth-order valence-electron chi connectivity index (χ4n) is 2.76. The van der Waals surface area contributed by atoms with Gasteiger partial charge in [0.25, 0.3) is 5.91 Å². The van der Waals surface area contributed by atoms with E-state index in [0.717, 1.165) is 25.0 Å². The van der Waals surface area contributed by atoms with E-state index in [1.165, 1.54) is 41.5 Å². The molecule has 0 aliphatic heterocycles. The topological polar surface area (TPSA) is 60.5 Å². The number of alkyl halides is 2. The van der Waals surface area contributed by atoms with E-state index in [4.69, 9.17) is 4.74 Å². The van der Waals surface area contributed by atoms with E-state index in [9.17, 15) is 13.6 Å². The number of fused-ring (bicyclic) bond motifs is 1. The minimum Gasteiger partial charge on any atom is -0.493 e. The smallest absolute Gasteiger partial charge is 0.387 e. The number of carbonyl (C=O) groups is 1. The summed E-state index contributed by atoms with van der Waals surface area (Å²) >= 11 is 1.49. The molecule has 0 fully saturated rings. The number of aromatic nitrogens is 1. The van der Waals surface area contributed by atoms with E-state index in [2.05, 4.69) is 22.0 Å². The van der Waals surface area contributed by atoms with E-state index in [1.807, 2.05) is 0 Å². The average molecular weight is 368 g/mol. The molecule has 0 radical (unpaired) electrons. The van der Waals surface area contributed by atoms with Gasteiger partial charge in [0.15, 0.2) is 16.6 Å². The van der Waals surface area contributed by atoms with Gasteiger partial charge >= 0.3 is 6.61 Å². The Hall–Kier alpha value is -2.22. The first kappa shape index (κ1) is 17.6. The highest BCUT2D eigenvalue weighted by Gasteiger charge is 2.21. The van der Waals surface area contributed by atoms with Crippen LogP contribution in [0.5, 0.6) is 11.5 Å². The molecule has 8 heteroatoms. The molecular formula is C17H18F2N2O3S. The summed E-state index contributed by atoms with van der Waals surface area (Å²) in [6.07, 6.45) is 3.01. The largest absolute Gasteiger partial charge is 0.493 e. The Kier molecular flexibility index (Phi) is 5.17. The molecule has 3 rings (SSSR count). The van der Waals surface area contributed by atoms with Crippen LogP contribution in [0.25, 0.3) is 0 Å². The molecule has 1 atom stereocenters. The molecule has 1 amide bonds. The standard InChI is InChI=1S/C17H18F2N2O3S/c1-9-3-5-11-14(7-9)25-17(20-11)21-15(22)10-4-6-12(24-16(18)19)13(8-10)23-2/h4,6,8-9,16H,3,5,7H2,1-2H3,(H,20,21,22)/t9-/m1/s1. The van der Waals surface area contributed by atoms with Crippen LogP contribution < -0.4 is 14.8 Å². The van der Waals surface area contributed by atoms with Crippen molar-refractivity contribution in [2.75, 3.05) is 12.4 Å². The second-order valence-corrected chi connectivity index (χ2v) is 7.02. The van der Waals surface area contributed by atoms with Crippen molar-refractivity contribution >= 4 is 22.4 Å². The first-order valence-corrected chi connectivity index (χ1v) is 8.70. The quantitative estimate of drug-likeness (QED) is 0.862. The number of nitrogens with zero attached hydrogens (tertiary/aromatic N) is 1. The lowest BCUT2D eigenvalue weighted by atomic mass is 9.93. The molecule has 0 unspecified atom stereocenters. The molecule has 0 bridgehead atoms. The summed E-state index contributed by atoms with van der Waals surface area (Å²) in [6.45, 7) is -0.756. The van der Waals surface area contributed by atoms with Gasteiger partial charge in [-0.05, 0) is 43.4 Å². The van der Waals surface area contributed by atoms with Gasteiger partial charge < -0.3 is 9.47 Å². The third kappa shape index (κ3) is 4.07. The molecule has 0 saturated heterocycles. The Morgan fingerprint density at radius 1 is 1.40 bits per heavy atom. The van der Waals surface area contributed by atoms with Crippen LogP contribution in [0.1, 0.15) is 34.3 Å². The zero-order valence-corrected chi connectivity index (χ0v) is 14.7. The first-order chi connectivity index (χ1) is 12.0. The van der Waals surface area contributed by atoms with E-state index in [1.54, 1.807) is 0 Å². The van der Waals surface area contributed by atoms with Crippen LogP contribution in [0.15, 0.2) is 18.2 Å². The van der Waals surface area contributed by atoms with Gasteiger partial charge in [0.05, 0.1) is 12.8 Å². The number of halogens is 2. The van der Waals surface area contributed by atoms with Crippen LogP contribution >= 0.6 is 11.3 Å². The Bertz CT molecular complexity index is 779. The van der Waals surface area contributed by atoms with Crippen molar-refractivity contribution in [1.29, 1.82) is 0 Å². The molecule has 25 heavy (non-hydrogen) atoms. The Morgan fingerprint density at radius 3 is 2.92 bits per heavy atom. The van der Waals surface area contributed by atoms with E-state index >= 15 is 0 Å². The van der Waals surface area contributed by atoms with Gasteiger partial charge in [-0.15, -0.1) is 11.3 Å². The second-order valence-electron chi connectivity index (χ2n) is 5.94. The molecular weight excluding hydrogens is 350 g/mol. The minimum atomic E-state index is -2.96. The summed E-state index contributed by atoms with van der Waals surface area (Å²) in [6, 6.07) is 4.06. The maximum Gasteiger partial charge on any atom is 0.387 e. The van der Waals surface area contributed by atoms with Gasteiger partial charge in [-0.2, -0.15) is 8.78 Å². The summed E-state index contributed by atoms with van der Waals surface area (Å²) in [5.74, 6) is 0.206. The third-order valence-electron chi connectivity index (χ3n) is 4.05. The zero-order chi connectivity index (χ0) is 18.0. The van der Waals surface area contributed by atoms with E-state index < -0.39 is 6.61 Å². The Labute approximate surface area is 148 Å². The summed E-state index contributed by atoms with van der Waals surface area (Å²) in [7, 11) is 1.32. The molecule has 1 aromatic heterocycles. The van der Waals surface area contributed by atoms with Gasteiger partial charge in [0.2, 0.25) is 0 Å². The minimum absolute atomic E-state index is 0.0696. The molecule has 5 nitrogen and oxygen atoms in total. The van der Waals surface area contributed by atoms with Crippen LogP contribution in [0.2, 0.25) is 0 Å². The number of thiazole rings is 1. The molecule has 1 aromatic carbocycles. The molecule has 0 spiro atoms. The molecule has 0 saturated carbocycles. The molecule has 134 valence electrons. The fraction of sp³-hybridized carbons (Fsp3) is 0.412. The predicted molar refractivity (Wildman–Crippen MR) is 90.9 cm³/mol. The maximum atomic E-state index is 12.4. The highest BCUT2D eigenvalue weighted by atomic mass is 32.1. The van der Waals surface area contributed by atoms with Gasteiger partial charge in [0.1, 0.15) is 0 Å². The third-order valence-corrected chi connectivity index (χ3v) is 5.08. The van der Waals surface area contributed by atoms with Crippen molar-refractivity contribution in [3.05, 3.63) is 34.3 Å². The Balaban J connectivity index is 1.75. The number of hydrogen-bond acceptors (Lipinski definition) is 5. The lowest BCUT2D eigenvalue weighted by molar-refractivity contribution is -0.0512. The zero-order valence-electron chi connectivity index (χ0n) is 13.8. The van der Waals surface area contributed by atoms with Crippen LogP contribution in [0.3, 0.4) is 0 Å². The number of rotatable bonds is 5. The average Bonchev–Trinajstić information content (AvgIpc) is 2.95. The molecule has 2 aromatic rings. The van der Waals surface area contributed by atoms with Gasteiger partial charge in [-0.25, -0.2) is 4.98 Å². The SMILES string of the molecule is COc1cc(C(=O)Nc2nc3c(s2)C[C@H](C)CC3)ccc1OC(F)F. The number of ether oxygens (including phenoxy) is 2. The van der Waals surface area contributed by atoms with Crippen LogP contribution in [0, 0.1) is 5.92 Å². The van der Waals surface area contributed by atoms with Crippen molar-refractivity contribution in [3.63, 3.8) is 0 Å². The van der Waals surface area contributed by atoms with E-state index in [0.29, 0.717) is 11.0 Å². The Morgan fingerprint density at radius 2 is 2.20 bits per heavy atom. The number of hydrogen-bond donors (Lipinski definition) is 1. The predicted octanol–water partition coefficient (Wildman–Crippen LogP) is 4.13. The fourth-order valence-corrected chi connectivity index (χ4v) is 3.93. The number of anilines is 1. The summed E-state index contributed by atoms with van der Waals surface area (Å²) in [4.78, 5) is 18.1. The summed E-state index contributed by atoms with van der Waals surface area (Å²) in [5.41, 5.74) is 1.33. The van der Waals surface area contributed by atoms with E-state index in [-0.39, 0.29) is 23.0 Å². The maximum absolute atomic E-state index is 12.4. The molecule has 1 aliphatic carbocycles. The van der Waals surface area contributed by atoms with Crippen LogP contribution in [0.4, 0.5) is 13.9 Å². The van der Waals surface area contributed by atoms with Crippen molar-refractivity contribution in [3.8, 4) is 11.5 Å². The van der Waals surface area contributed by atoms with Crippen molar-refractivity contribution in [2.45, 2.75) is 32.8 Å². The number of amides is 1. The number of carbonyl (C=O) groups excluding carboxylic acids is 1. The van der Waals surface area contributed by atoms with Crippen molar-refractivity contribution in [2.24, 2.45) is 5.92 Å². The first-order valence-electron chi connectivity index (χ1n) is 7.89. The van der Waals surface area contributed by atoms with Gasteiger partial charge in [-0.1, -0.05) is 6.92 Å². The number of nitrogens with one attached hydrogen (secondary N) is 1. The van der Waals surface area contributed by atoms with Crippen LogP contribution in [-0.2, 0) is 12.8 Å². The van der Waals surface area contributed by atoms with Gasteiger partial charge in [0, 0.05) is 10.4 Å². The lowest BCUT2D eigenvalue weighted by Crippen LogP contribution is -2.12. The lowest BCUT2D eigenvalue weighted by Gasteiger charge is -2.15. The molecule has 1 N–H and O–H groups in total. The second kappa shape index (κ2) is 7.35. The van der Waals surface area contributed by atoms with Gasteiger partial charge in [-0.3, -0.25) is 10.1 Å². The number of benzene rings is 1. The van der Waals surface area contributed by atoms with Crippen molar-refractivity contribution < 1.29 is 23.0 Å².